The van der Waals surface area contributed by atoms with Crippen LogP contribution >= 0.6 is 11.3 Å². The molecular formula is C10H15NO4S2. The topological polar surface area (TPSA) is 66.8 Å². The van der Waals surface area contributed by atoms with Crippen LogP contribution in [-0.4, -0.2) is 43.6 Å². The third-order valence-corrected chi connectivity index (χ3v) is 6.16. The Bertz CT molecular complexity index is 482. The molecule has 1 saturated heterocycles. The van der Waals surface area contributed by atoms with Crippen molar-refractivity contribution in [3.8, 4) is 0 Å². The van der Waals surface area contributed by atoms with E-state index < -0.39 is 10.0 Å². The van der Waals surface area contributed by atoms with Gasteiger partial charge in [0.2, 0.25) is 0 Å². The van der Waals surface area contributed by atoms with Gasteiger partial charge in [-0.2, -0.15) is 4.31 Å². The standard InChI is InChI=1S/C10H15NO4S2/c1-8-6-15-3-2-11(8)17(13,14)10-4-9(5-12)7-16-10/h4,7-8,12H,2-3,5-6H2,1H3. The molecule has 1 aromatic heterocycles. The minimum atomic E-state index is -3.44. The largest absolute Gasteiger partial charge is 0.392 e. The zero-order valence-electron chi connectivity index (χ0n) is 9.50. The summed E-state index contributed by atoms with van der Waals surface area (Å²) in [6, 6.07) is 1.38. The van der Waals surface area contributed by atoms with Gasteiger partial charge in [-0.1, -0.05) is 0 Å². The summed E-state index contributed by atoms with van der Waals surface area (Å²) < 4.78 is 31.6. The van der Waals surface area contributed by atoms with E-state index in [0.717, 1.165) is 11.3 Å². The monoisotopic (exact) mass is 277 g/mol. The van der Waals surface area contributed by atoms with Crippen LogP contribution in [0.4, 0.5) is 0 Å². The summed E-state index contributed by atoms with van der Waals surface area (Å²) >= 11 is 1.15. The van der Waals surface area contributed by atoms with Gasteiger partial charge in [-0.05, 0) is 23.9 Å². The fourth-order valence-corrected chi connectivity index (χ4v) is 4.68. The number of nitrogens with zero attached hydrogens (tertiary/aromatic N) is 1. The van der Waals surface area contributed by atoms with E-state index in [1.54, 1.807) is 5.38 Å². The van der Waals surface area contributed by atoms with Crippen molar-refractivity contribution in [1.82, 2.24) is 4.31 Å². The number of rotatable bonds is 3. The molecule has 0 aromatic carbocycles. The molecule has 1 aliphatic heterocycles. The van der Waals surface area contributed by atoms with E-state index >= 15 is 0 Å². The molecule has 0 amide bonds. The second-order valence-electron chi connectivity index (χ2n) is 3.97. The van der Waals surface area contributed by atoms with E-state index in [-0.39, 0.29) is 16.9 Å². The molecule has 1 fully saturated rings. The molecule has 2 rings (SSSR count). The summed E-state index contributed by atoms with van der Waals surface area (Å²) in [6.45, 7) is 2.94. The van der Waals surface area contributed by atoms with Gasteiger partial charge >= 0.3 is 0 Å². The predicted octanol–water partition coefficient (Wildman–Crippen LogP) is 0.650. The Labute approximate surface area is 105 Å². The van der Waals surface area contributed by atoms with E-state index in [1.165, 1.54) is 10.4 Å². The van der Waals surface area contributed by atoms with Gasteiger partial charge in [0.25, 0.3) is 10.0 Å². The van der Waals surface area contributed by atoms with Crippen molar-refractivity contribution in [3.63, 3.8) is 0 Å². The molecule has 1 N–H and O–H groups in total. The van der Waals surface area contributed by atoms with Crippen LogP contribution in [0.3, 0.4) is 0 Å². The van der Waals surface area contributed by atoms with E-state index in [2.05, 4.69) is 0 Å². The van der Waals surface area contributed by atoms with Crippen molar-refractivity contribution in [1.29, 1.82) is 0 Å². The van der Waals surface area contributed by atoms with Gasteiger partial charge in [0.05, 0.1) is 19.8 Å². The molecule has 1 aromatic rings. The van der Waals surface area contributed by atoms with Gasteiger partial charge in [-0.25, -0.2) is 8.42 Å². The molecule has 0 aliphatic carbocycles. The van der Waals surface area contributed by atoms with Crippen LogP contribution in [-0.2, 0) is 21.4 Å². The van der Waals surface area contributed by atoms with Crippen LogP contribution in [0.25, 0.3) is 0 Å². The molecule has 5 nitrogen and oxygen atoms in total. The molecule has 0 radical (unpaired) electrons. The maximum Gasteiger partial charge on any atom is 0.252 e. The molecule has 17 heavy (non-hydrogen) atoms. The van der Waals surface area contributed by atoms with Gasteiger partial charge in [0.1, 0.15) is 4.21 Å². The van der Waals surface area contributed by atoms with Crippen LogP contribution in [0.15, 0.2) is 15.7 Å². The Kier molecular flexibility index (Phi) is 3.84. The lowest BCUT2D eigenvalue weighted by molar-refractivity contribution is 0.0393. The Morgan fingerprint density at radius 2 is 2.41 bits per heavy atom. The lowest BCUT2D eigenvalue weighted by atomic mass is 10.3. The van der Waals surface area contributed by atoms with Crippen LogP contribution in [0.1, 0.15) is 12.5 Å². The minimum absolute atomic E-state index is 0.134. The van der Waals surface area contributed by atoms with E-state index in [9.17, 15) is 8.42 Å². The Balaban J connectivity index is 2.28. The van der Waals surface area contributed by atoms with Gasteiger partial charge in [0, 0.05) is 12.6 Å². The first-order valence-electron chi connectivity index (χ1n) is 5.33. The molecule has 96 valence electrons. The zero-order chi connectivity index (χ0) is 12.5. The number of aliphatic hydroxyl groups is 1. The van der Waals surface area contributed by atoms with E-state index in [0.29, 0.717) is 25.3 Å². The highest BCUT2D eigenvalue weighted by molar-refractivity contribution is 7.91. The molecule has 0 spiro atoms. The molecule has 1 atom stereocenters. The van der Waals surface area contributed by atoms with Crippen molar-refractivity contribution in [2.24, 2.45) is 0 Å². The van der Waals surface area contributed by atoms with Crippen LogP contribution in [0, 0.1) is 0 Å². The van der Waals surface area contributed by atoms with Crippen molar-refractivity contribution in [2.45, 2.75) is 23.8 Å². The molecule has 0 saturated carbocycles. The summed E-state index contributed by atoms with van der Waals surface area (Å²) in [6.07, 6.45) is 0. The number of sulfonamides is 1. The van der Waals surface area contributed by atoms with Crippen molar-refractivity contribution in [3.05, 3.63) is 17.0 Å². The summed E-state index contributed by atoms with van der Waals surface area (Å²) in [5.74, 6) is 0. The third kappa shape index (κ3) is 2.53. The third-order valence-electron chi connectivity index (χ3n) is 2.68. The van der Waals surface area contributed by atoms with Crippen LogP contribution in [0.2, 0.25) is 0 Å². The maximum absolute atomic E-state index is 12.3. The average Bonchev–Trinajstić information content (AvgIpc) is 2.78. The highest BCUT2D eigenvalue weighted by atomic mass is 32.2. The van der Waals surface area contributed by atoms with E-state index in [4.69, 9.17) is 9.84 Å². The molecule has 2 heterocycles. The number of hydrogen-bond acceptors (Lipinski definition) is 5. The Hall–Kier alpha value is -0.470. The number of aliphatic hydroxyl groups excluding tert-OH is 1. The minimum Gasteiger partial charge on any atom is -0.392 e. The van der Waals surface area contributed by atoms with Crippen molar-refractivity contribution < 1.29 is 18.3 Å². The highest BCUT2D eigenvalue weighted by Crippen LogP contribution is 2.26. The normalized spacial score (nSPS) is 22.8. The number of ether oxygens (including phenoxy) is 1. The number of morpholine rings is 1. The van der Waals surface area contributed by atoms with Crippen LogP contribution in [0.5, 0.6) is 0 Å². The molecular weight excluding hydrogens is 262 g/mol. The van der Waals surface area contributed by atoms with Gasteiger partial charge < -0.3 is 9.84 Å². The lowest BCUT2D eigenvalue weighted by Crippen LogP contribution is -2.46. The van der Waals surface area contributed by atoms with Gasteiger partial charge in [0.15, 0.2) is 0 Å². The lowest BCUT2D eigenvalue weighted by Gasteiger charge is -2.31. The van der Waals surface area contributed by atoms with Crippen LogP contribution < -0.4 is 0 Å². The first-order valence-corrected chi connectivity index (χ1v) is 7.65. The summed E-state index contributed by atoms with van der Waals surface area (Å²) in [5.41, 5.74) is 0.634. The summed E-state index contributed by atoms with van der Waals surface area (Å²) in [5, 5.41) is 10.6. The Morgan fingerprint density at radius 1 is 1.65 bits per heavy atom. The molecule has 0 bridgehead atoms. The highest BCUT2D eigenvalue weighted by Gasteiger charge is 2.32. The second kappa shape index (κ2) is 5.03. The summed E-state index contributed by atoms with van der Waals surface area (Å²) in [4.78, 5) is 0. The first kappa shape index (κ1) is 13.0. The zero-order valence-corrected chi connectivity index (χ0v) is 11.1. The van der Waals surface area contributed by atoms with Crippen molar-refractivity contribution in [2.75, 3.05) is 19.8 Å². The molecule has 1 aliphatic rings. The number of hydrogen-bond donors (Lipinski definition) is 1. The maximum atomic E-state index is 12.3. The SMILES string of the molecule is CC1COCCN1S(=O)(=O)c1cc(CO)cs1. The quantitative estimate of drug-likeness (QED) is 0.881. The molecule has 1 unspecified atom stereocenters. The Morgan fingerprint density at radius 3 is 3.00 bits per heavy atom. The average molecular weight is 277 g/mol. The fraction of sp³-hybridized carbons (Fsp3) is 0.600. The van der Waals surface area contributed by atoms with Gasteiger partial charge in [-0.15, -0.1) is 11.3 Å². The van der Waals surface area contributed by atoms with E-state index in [1.807, 2.05) is 6.92 Å². The van der Waals surface area contributed by atoms with Crippen molar-refractivity contribution >= 4 is 21.4 Å². The molecule has 7 heteroatoms. The predicted molar refractivity (Wildman–Crippen MR) is 64.4 cm³/mol. The first-order chi connectivity index (χ1) is 8.05. The smallest absolute Gasteiger partial charge is 0.252 e. The second-order valence-corrected chi connectivity index (χ2v) is 7.00. The fourth-order valence-electron chi connectivity index (χ4n) is 1.76. The summed E-state index contributed by atoms with van der Waals surface area (Å²) in [7, 11) is -3.44. The van der Waals surface area contributed by atoms with Gasteiger partial charge in [-0.3, -0.25) is 0 Å². The number of thiophene rings is 1.